The van der Waals surface area contributed by atoms with Crippen LogP contribution in [0.5, 0.6) is 0 Å². The second kappa shape index (κ2) is 8.93. The topological polar surface area (TPSA) is 67.7 Å². The smallest absolute Gasteiger partial charge is 0.266 e. The molecule has 0 spiro atoms. The zero-order chi connectivity index (χ0) is 22.0. The van der Waals surface area contributed by atoms with Crippen LogP contribution >= 0.6 is 0 Å². The van der Waals surface area contributed by atoms with Crippen LogP contribution in [0.15, 0.2) is 41.2 Å². The fourth-order valence-corrected chi connectivity index (χ4v) is 4.15. The molecule has 2 aromatic rings. The Morgan fingerprint density at radius 1 is 1.03 bits per heavy atom. The number of rotatable bonds is 4. The average Bonchev–Trinajstić information content (AvgIpc) is 2.77. The SMILES string of the molecule is CC(C)(C)c1ccc(=O)n(CCN2CCN(C(=O)C3Cc4ccccc4CO3)CC2)n1. The van der Waals surface area contributed by atoms with Crippen molar-refractivity contribution in [1.29, 1.82) is 0 Å². The van der Waals surface area contributed by atoms with Crippen LogP contribution in [0.4, 0.5) is 0 Å². The first-order valence-electron chi connectivity index (χ1n) is 11.1. The lowest BCUT2D eigenvalue weighted by molar-refractivity contribution is -0.147. The lowest BCUT2D eigenvalue weighted by Gasteiger charge is -2.37. The lowest BCUT2D eigenvalue weighted by Crippen LogP contribution is -2.53. The summed E-state index contributed by atoms with van der Waals surface area (Å²) >= 11 is 0. The van der Waals surface area contributed by atoms with E-state index in [-0.39, 0.29) is 23.0 Å². The number of amides is 1. The Labute approximate surface area is 183 Å². The van der Waals surface area contributed by atoms with E-state index in [1.165, 1.54) is 11.1 Å². The number of piperazine rings is 1. The molecule has 3 heterocycles. The summed E-state index contributed by atoms with van der Waals surface area (Å²) in [5.74, 6) is 0.0879. The molecule has 2 aliphatic rings. The Morgan fingerprint density at radius 2 is 1.74 bits per heavy atom. The summed E-state index contributed by atoms with van der Waals surface area (Å²) in [6.07, 6.45) is 0.262. The van der Waals surface area contributed by atoms with Crippen LogP contribution in [-0.4, -0.2) is 64.3 Å². The van der Waals surface area contributed by atoms with Crippen molar-refractivity contribution < 1.29 is 9.53 Å². The van der Waals surface area contributed by atoms with Crippen LogP contribution in [0, 0.1) is 0 Å². The van der Waals surface area contributed by atoms with Crippen molar-refractivity contribution in [3.8, 4) is 0 Å². The number of ether oxygens (including phenoxy) is 1. The van der Waals surface area contributed by atoms with E-state index in [1.807, 2.05) is 23.1 Å². The predicted octanol–water partition coefficient (Wildman–Crippen LogP) is 1.83. The molecular formula is C24H32N4O3. The number of hydrogen-bond acceptors (Lipinski definition) is 5. The lowest BCUT2D eigenvalue weighted by atomic mass is 9.92. The molecule has 0 radical (unpaired) electrons. The number of benzene rings is 1. The highest BCUT2D eigenvalue weighted by Crippen LogP contribution is 2.22. The zero-order valence-corrected chi connectivity index (χ0v) is 18.7. The Morgan fingerprint density at radius 3 is 2.45 bits per heavy atom. The minimum atomic E-state index is -0.385. The molecule has 1 amide bonds. The molecule has 0 aliphatic carbocycles. The maximum absolute atomic E-state index is 13.0. The first kappa shape index (κ1) is 21.7. The molecule has 1 aromatic heterocycles. The maximum atomic E-state index is 13.0. The summed E-state index contributed by atoms with van der Waals surface area (Å²) in [4.78, 5) is 29.3. The van der Waals surface area contributed by atoms with Crippen LogP contribution in [0.3, 0.4) is 0 Å². The fraction of sp³-hybridized carbons (Fsp3) is 0.542. The number of fused-ring (bicyclic) bond motifs is 1. The maximum Gasteiger partial charge on any atom is 0.266 e. The predicted molar refractivity (Wildman–Crippen MR) is 119 cm³/mol. The van der Waals surface area contributed by atoms with Gasteiger partial charge in [-0.3, -0.25) is 14.5 Å². The highest BCUT2D eigenvalue weighted by molar-refractivity contribution is 5.81. The number of nitrogens with zero attached hydrogens (tertiary/aromatic N) is 4. The van der Waals surface area contributed by atoms with Gasteiger partial charge >= 0.3 is 0 Å². The van der Waals surface area contributed by atoms with Gasteiger partial charge in [0.15, 0.2) is 0 Å². The van der Waals surface area contributed by atoms with Gasteiger partial charge in [-0.05, 0) is 17.2 Å². The molecule has 166 valence electrons. The average molecular weight is 425 g/mol. The van der Waals surface area contributed by atoms with Crippen LogP contribution in [-0.2, 0) is 34.5 Å². The van der Waals surface area contributed by atoms with E-state index in [4.69, 9.17) is 4.74 Å². The van der Waals surface area contributed by atoms with Crippen LogP contribution in [0.25, 0.3) is 0 Å². The highest BCUT2D eigenvalue weighted by Gasteiger charge is 2.31. The second-order valence-electron chi connectivity index (χ2n) is 9.47. The van der Waals surface area contributed by atoms with Gasteiger partial charge in [0.1, 0.15) is 6.10 Å². The summed E-state index contributed by atoms with van der Waals surface area (Å²) < 4.78 is 7.41. The van der Waals surface area contributed by atoms with Crippen molar-refractivity contribution >= 4 is 5.91 Å². The largest absolute Gasteiger partial charge is 0.363 e. The molecule has 1 atom stereocenters. The standard InChI is InChI=1S/C24H32N4O3/c1-24(2,3)21-8-9-22(29)28(25-21)15-12-26-10-13-27(14-11-26)23(30)20-16-18-6-4-5-7-19(18)17-31-20/h4-9,20H,10-17H2,1-3H3. The molecule has 0 bridgehead atoms. The third-order valence-corrected chi connectivity index (χ3v) is 6.19. The van der Waals surface area contributed by atoms with Gasteiger partial charge in [-0.2, -0.15) is 5.10 Å². The number of aromatic nitrogens is 2. The van der Waals surface area contributed by atoms with Crippen molar-refractivity contribution in [1.82, 2.24) is 19.6 Å². The van der Waals surface area contributed by atoms with Crippen molar-refractivity contribution in [3.05, 3.63) is 63.6 Å². The van der Waals surface area contributed by atoms with Gasteiger partial charge in [-0.25, -0.2) is 4.68 Å². The minimum Gasteiger partial charge on any atom is -0.363 e. The summed E-state index contributed by atoms with van der Waals surface area (Å²) in [5, 5.41) is 4.55. The van der Waals surface area contributed by atoms with Gasteiger partial charge in [-0.15, -0.1) is 0 Å². The zero-order valence-electron chi connectivity index (χ0n) is 18.7. The van der Waals surface area contributed by atoms with E-state index in [0.717, 1.165) is 25.3 Å². The van der Waals surface area contributed by atoms with E-state index in [9.17, 15) is 9.59 Å². The van der Waals surface area contributed by atoms with Crippen molar-refractivity contribution in [2.75, 3.05) is 32.7 Å². The number of carbonyl (C=O) groups is 1. The molecule has 31 heavy (non-hydrogen) atoms. The third-order valence-electron chi connectivity index (χ3n) is 6.19. The molecule has 4 rings (SSSR count). The van der Waals surface area contributed by atoms with Crippen LogP contribution in [0.2, 0.25) is 0 Å². The van der Waals surface area contributed by atoms with Gasteiger partial charge in [0, 0.05) is 50.6 Å². The normalized spacial score (nSPS) is 19.8. The third kappa shape index (κ3) is 5.05. The molecule has 0 saturated carbocycles. The van der Waals surface area contributed by atoms with Crippen molar-refractivity contribution in [3.63, 3.8) is 0 Å². The monoisotopic (exact) mass is 424 g/mol. The summed E-state index contributed by atoms with van der Waals surface area (Å²) in [6, 6.07) is 11.6. The van der Waals surface area contributed by atoms with E-state index < -0.39 is 0 Å². The molecule has 7 heteroatoms. The van der Waals surface area contributed by atoms with E-state index >= 15 is 0 Å². The van der Waals surface area contributed by atoms with Gasteiger partial charge in [0.25, 0.3) is 11.5 Å². The molecule has 2 aliphatic heterocycles. The molecule has 1 saturated heterocycles. The first-order chi connectivity index (χ1) is 14.8. The van der Waals surface area contributed by atoms with Crippen molar-refractivity contribution in [2.24, 2.45) is 0 Å². The summed E-state index contributed by atoms with van der Waals surface area (Å²) in [6.45, 7) is 11.0. The fourth-order valence-electron chi connectivity index (χ4n) is 4.15. The second-order valence-corrected chi connectivity index (χ2v) is 9.47. The molecule has 1 aromatic carbocycles. The number of carbonyl (C=O) groups excluding carboxylic acids is 1. The van der Waals surface area contributed by atoms with E-state index in [0.29, 0.717) is 32.7 Å². The van der Waals surface area contributed by atoms with E-state index in [2.05, 4.69) is 42.9 Å². The van der Waals surface area contributed by atoms with E-state index in [1.54, 1.807) is 10.7 Å². The van der Waals surface area contributed by atoms with Crippen LogP contribution in [0.1, 0.15) is 37.6 Å². The van der Waals surface area contributed by atoms with Gasteiger partial charge in [-0.1, -0.05) is 45.0 Å². The molecule has 0 N–H and O–H groups in total. The van der Waals surface area contributed by atoms with Gasteiger partial charge in [0.05, 0.1) is 18.8 Å². The van der Waals surface area contributed by atoms with Crippen molar-refractivity contribution in [2.45, 2.75) is 51.9 Å². The Kier molecular flexibility index (Phi) is 6.25. The molecule has 1 unspecified atom stereocenters. The Hall–Kier alpha value is -2.51. The molecular weight excluding hydrogens is 392 g/mol. The Bertz CT molecular complexity index is 987. The Balaban J connectivity index is 1.29. The van der Waals surface area contributed by atoms with Crippen LogP contribution < -0.4 is 5.56 Å². The number of hydrogen-bond donors (Lipinski definition) is 0. The minimum absolute atomic E-state index is 0.0726. The molecule has 7 nitrogen and oxygen atoms in total. The van der Waals surface area contributed by atoms with Gasteiger partial charge < -0.3 is 9.64 Å². The first-order valence-corrected chi connectivity index (χ1v) is 11.1. The van der Waals surface area contributed by atoms with Gasteiger partial charge in [0.2, 0.25) is 0 Å². The summed E-state index contributed by atoms with van der Waals surface area (Å²) in [5.41, 5.74) is 3.13. The quantitative estimate of drug-likeness (QED) is 0.749. The highest BCUT2D eigenvalue weighted by atomic mass is 16.5. The summed E-state index contributed by atoms with van der Waals surface area (Å²) in [7, 11) is 0. The molecule has 1 fully saturated rings.